The van der Waals surface area contributed by atoms with Crippen molar-refractivity contribution in [2.24, 2.45) is 13.0 Å². The van der Waals surface area contributed by atoms with Crippen LogP contribution in [-0.2, 0) is 20.1 Å². The van der Waals surface area contributed by atoms with E-state index in [0.717, 1.165) is 37.2 Å². The molecule has 0 fully saturated rings. The average Bonchev–Trinajstić information content (AvgIpc) is 3.21. The highest BCUT2D eigenvalue weighted by Crippen LogP contribution is 2.33. The molecule has 0 amide bonds. The molecule has 0 radical (unpaired) electrons. The Kier molecular flexibility index (Phi) is 6.91. The van der Waals surface area contributed by atoms with E-state index in [4.69, 9.17) is 9.72 Å². The lowest BCUT2D eigenvalue weighted by Gasteiger charge is -2.33. The number of methoxy groups -OCH3 is 1. The number of fused-ring (bicyclic) bond motifs is 3. The van der Waals surface area contributed by atoms with Gasteiger partial charge in [0.05, 0.1) is 7.11 Å². The van der Waals surface area contributed by atoms with Crippen LogP contribution in [0.4, 0.5) is 11.6 Å². The van der Waals surface area contributed by atoms with Gasteiger partial charge in [-0.25, -0.2) is 4.79 Å². The highest BCUT2D eigenvalue weighted by molar-refractivity contribution is 5.77. The van der Waals surface area contributed by atoms with Crippen molar-refractivity contribution in [3.63, 3.8) is 0 Å². The molecule has 3 heterocycles. The van der Waals surface area contributed by atoms with Gasteiger partial charge in [-0.15, -0.1) is 0 Å². The Labute approximate surface area is 194 Å². The van der Waals surface area contributed by atoms with Gasteiger partial charge in [0.15, 0.2) is 11.2 Å². The van der Waals surface area contributed by atoms with Crippen molar-refractivity contribution in [1.29, 1.82) is 0 Å². The zero-order valence-corrected chi connectivity index (χ0v) is 20.2. The minimum Gasteiger partial charge on any atom is -0.497 e. The van der Waals surface area contributed by atoms with Crippen LogP contribution in [-0.4, -0.2) is 32.3 Å². The molecule has 2 aromatic heterocycles. The quantitative estimate of drug-likeness (QED) is 0.457. The van der Waals surface area contributed by atoms with Crippen LogP contribution in [0, 0.1) is 5.92 Å². The number of unbranched alkanes of at least 4 members (excludes halogenated alkanes) is 5. The molecule has 178 valence electrons. The van der Waals surface area contributed by atoms with Crippen LogP contribution in [0.2, 0.25) is 0 Å². The van der Waals surface area contributed by atoms with Gasteiger partial charge in [0, 0.05) is 32.4 Å². The molecule has 1 aromatic carbocycles. The summed E-state index contributed by atoms with van der Waals surface area (Å²) in [6.45, 7) is 6.30. The van der Waals surface area contributed by atoms with Gasteiger partial charge < -0.3 is 14.2 Å². The number of benzene rings is 1. The van der Waals surface area contributed by atoms with Gasteiger partial charge in [0.25, 0.3) is 5.56 Å². The van der Waals surface area contributed by atoms with Gasteiger partial charge in [-0.2, -0.15) is 4.98 Å². The molecule has 0 saturated heterocycles. The normalized spacial score (nSPS) is 15.8. The lowest BCUT2D eigenvalue weighted by atomic mass is 10.1. The zero-order valence-electron chi connectivity index (χ0n) is 20.2. The minimum absolute atomic E-state index is 0.232. The number of hydrogen-bond donors (Lipinski definition) is 0. The topological polar surface area (TPSA) is 74.3 Å². The summed E-state index contributed by atoms with van der Waals surface area (Å²) in [5.41, 5.74) is 1.43. The van der Waals surface area contributed by atoms with E-state index in [1.807, 2.05) is 28.8 Å². The first kappa shape index (κ1) is 23.1. The number of aryl methyl sites for hydroxylation is 1. The molecule has 8 nitrogen and oxygen atoms in total. The molecule has 0 spiro atoms. The summed E-state index contributed by atoms with van der Waals surface area (Å²) >= 11 is 0. The summed E-state index contributed by atoms with van der Waals surface area (Å²) in [6, 6.07) is 7.84. The summed E-state index contributed by atoms with van der Waals surface area (Å²) in [7, 11) is 3.36. The van der Waals surface area contributed by atoms with Crippen molar-refractivity contribution in [3.05, 3.63) is 45.1 Å². The van der Waals surface area contributed by atoms with Crippen LogP contribution < -0.4 is 20.9 Å². The van der Waals surface area contributed by atoms with Crippen molar-refractivity contribution < 1.29 is 4.74 Å². The Bertz CT molecular complexity index is 1220. The number of anilines is 2. The smallest absolute Gasteiger partial charge is 0.332 e. The van der Waals surface area contributed by atoms with Gasteiger partial charge in [-0.3, -0.25) is 13.9 Å². The van der Waals surface area contributed by atoms with E-state index in [2.05, 4.69) is 18.7 Å². The Morgan fingerprint density at radius 2 is 1.73 bits per heavy atom. The fraction of sp³-hybridized carbons (Fsp3) is 0.560. The van der Waals surface area contributed by atoms with E-state index < -0.39 is 0 Å². The van der Waals surface area contributed by atoms with Gasteiger partial charge in [0.2, 0.25) is 5.95 Å². The fourth-order valence-corrected chi connectivity index (χ4v) is 4.73. The van der Waals surface area contributed by atoms with Crippen LogP contribution in [0.3, 0.4) is 0 Å². The number of nitrogens with zero attached hydrogens (tertiary/aromatic N) is 5. The molecule has 0 bridgehead atoms. The van der Waals surface area contributed by atoms with Crippen LogP contribution >= 0.6 is 0 Å². The van der Waals surface area contributed by atoms with Crippen LogP contribution in [0.25, 0.3) is 11.2 Å². The number of imidazole rings is 1. The van der Waals surface area contributed by atoms with E-state index in [0.29, 0.717) is 36.1 Å². The average molecular weight is 454 g/mol. The molecule has 0 unspecified atom stereocenters. The summed E-state index contributed by atoms with van der Waals surface area (Å²) in [6.07, 6.45) is 6.65. The lowest BCUT2D eigenvalue weighted by molar-refractivity contribution is 0.414. The molecular weight excluding hydrogens is 418 g/mol. The molecule has 1 aliphatic heterocycles. The maximum atomic E-state index is 13.5. The van der Waals surface area contributed by atoms with Crippen LogP contribution in [0.1, 0.15) is 52.4 Å². The van der Waals surface area contributed by atoms with E-state index in [1.165, 1.54) is 28.4 Å². The largest absolute Gasteiger partial charge is 0.497 e. The molecule has 1 aliphatic rings. The third-order valence-electron chi connectivity index (χ3n) is 6.56. The van der Waals surface area contributed by atoms with Crippen molar-refractivity contribution >= 4 is 22.8 Å². The molecule has 3 aromatic rings. The Balaban J connectivity index is 1.72. The lowest BCUT2D eigenvalue weighted by Crippen LogP contribution is -2.40. The summed E-state index contributed by atoms with van der Waals surface area (Å²) in [4.78, 5) is 33.4. The first-order valence-corrected chi connectivity index (χ1v) is 12.1. The van der Waals surface area contributed by atoms with Gasteiger partial charge in [-0.1, -0.05) is 46.0 Å². The van der Waals surface area contributed by atoms with E-state index in [9.17, 15) is 9.59 Å². The summed E-state index contributed by atoms with van der Waals surface area (Å²) in [5, 5.41) is 0. The second-order valence-electron chi connectivity index (χ2n) is 9.17. The first-order valence-electron chi connectivity index (χ1n) is 12.1. The third-order valence-corrected chi connectivity index (χ3v) is 6.56. The molecule has 1 atom stereocenters. The van der Waals surface area contributed by atoms with E-state index in [-0.39, 0.29) is 11.2 Å². The molecule has 8 heteroatoms. The molecule has 0 saturated carbocycles. The first-order chi connectivity index (χ1) is 16.0. The molecule has 4 rings (SSSR count). The van der Waals surface area contributed by atoms with Crippen molar-refractivity contribution in [3.8, 4) is 5.75 Å². The maximum absolute atomic E-state index is 13.5. The van der Waals surface area contributed by atoms with E-state index >= 15 is 0 Å². The fourth-order valence-electron chi connectivity index (χ4n) is 4.73. The number of hydrogen-bond acceptors (Lipinski definition) is 5. The molecule has 0 aliphatic carbocycles. The monoisotopic (exact) mass is 453 g/mol. The van der Waals surface area contributed by atoms with Gasteiger partial charge >= 0.3 is 5.69 Å². The second kappa shape index (κ2) is 9.85. The second-order valence-corrected chi connectivity index (χ2v) is 9.17. The third kappa shape index (κ3) is 4.43. The summed E-state index contributed by atoms with van der Waals surface area (Å²) in [5.74, 6) is 1.82. The minimum atomic E-state index is -0.291. The molecule has 0 N–H and O–H groups in total. The Morgan fingerprint density at radius 1 is 1.03 bits per heavy atom. The highest BCUT2D eigenvalue weighted by Gasteiger charge is 2.29. The zero-order chi connectivity index (χ0) is 23.5. The highest BCUT2D eigenvalue weighted by atomic mass is 16.5. The van der Waals surface area contributed by atoms with Crippen molar-refractivity contribution in [1.82, 2.24) is 18.7 Å². The van der Waals surface area contributed by atoms with Crippen LogP contribution in [0.5, 0.6) is 5.75 Å². The molecular formula is C25H35N5O3. The number of aromatic nitrogens is 4. The van der Waals surface area contributed by atoms with Crippen molar-refractivity contribution in [2.75, 3.05) is 18.6 Å². The predicted molar refractivity (Wildman–Crippen MR) is 132 cm³/mol. The standard InChI is InChI=1S/C25H35N5O3/c1-5-6-7-8-9-10-15-28-23(31)21-22(27(3)25(28)32)26-24-29(16-18(2)17-30(21)24)19-11-13-20(33-4)14-12-19/h11-14,18H,5-10,15-17H2,1-4H3/t18-/m1/s1. The van der Waals surface area contributed by atoms with Gasteiger partial charge in [-0.05, 0) is 36.6 Å². The maximum Gasteiger partial charge on any atom is 0.332 e. The SMILES string of the molecule is CCCCCCCCn1c(=O)c2c(nc3n2C[C@H](C)CN3c2ccc(OC)cc2)n(C)c1=O. The Morgan fingerprint density at radius 3 is 2.42 bits per heavy atom. The predicted octanol–water partition coefficient (Wildman–Crippen LogP) is 4.05. The van der Waals surface area contributed by atoms with Gasteiger partial charge in [0.1, 0.15) is 5.75 Å². The van der Waals surface area contributed by atoms with Crippen LogP contribution in [0.15, 0.2) is 33.9 Å². The number of ether oxygens (including phenoxy) is 1. The van der Waals surface area contributed by atoms with Crippen molar-refractivity contribution in [2.45, 2.75) is 65.5 Å². The summed E-state index contributed by atoms with van der Waals surface area (Å²) < 4.78 is 10.2. The Hall–Kier alpha value is -3.03. The number of rotatable bonds is 9. The molecule has 33 heavy (non-hydrogen) atoms. The van der Waals surface area contributed by atoms with E-state index in [1.54, 1.807) is 14.2 Å².